The zero-order valence-electron chi connectivity index (χ0n) is 21.3. The summed E-state index contributed by atoms with van der Waals surface area (Å²) in [5.41, 5.74) is 2.00. The minimum absolute atomic E-state index is 0.0336. The Morgan fingerprint density at radius 2 is 1.38 bits per heavy atom. The molecule has 0 unspecified atom stereocenters. The van der Waals surface area contributed by atoms with Crippen molar-refractivity contribution in [1.82, 2.24) is 4.98 Å². The van der Waals surface area contributed by atoms with E-state index in [1.54, 1.807) is 18.2 Å². The van der Waals surface area contributed by atoms with E-state index in [1.807, 2.05) is 13.8 Å². The summed E-state index contributed by atoms with van der Waals surface area (Å²) >= 11 is 0. The van der Waals surface area contributed by atoms with Crippen molar-refractivity contribution in [2.24, 2.45) is 0 Å². The van der Waals surface area contributed by atoms with E-state index in [1.165, 1.54) is 49.8 Å². The van der Waals surface area contributed by atoms with Gasteiger partial charge in [-0.15, -0.1) is 0 Å². The Hall–Kier alpha value is -4.33. The maximum absolute atomic E-state index is 14.0. The highest BCUT2D eigenvalue weighted by Crippen LogP contribution is 2.40. The van der Waals surface area contributed by atoms with Crippen molar-refractivity contribution in [3.05, 3.63) is 119 Å². The van der Waals surface area contributed by atoms with Crippen LogP contribution in [0.25, 0.3) is 28.5 Å². The molecule has 4 aromatic rings. The number of ether oxygens (including phenoxy) is 1. The molecule has 0 aliphatic carbocycles. The average Bonchev–Trinajstić information content (AvgIpc) is 2.91. The van der Waals surface area contributed by atoms with Crippen LogP contribution < -0.4 is 0 Å². The largest absolute Gasteiger partial charge is 0.504 e. The van der Waals surface area contributed by atoms with Crippen LogP contribution in [0.5, 0.6) is 0 Å². The summed E-state index contributed by atoms with van der Waals surface area (Å²) in [5.74, 6) is -1.76. The lowest BCUT2D eigenvalue weighted by molar-refractivity contribution is -0.137. The molecule has 1 aromatic heterocycles. The molecule has 0 radical (unpaired) electrons. The number of carbonyl (C=O) groups is 1. The van der Waals surface area contributed by atoms with Gasteiger partial charge in [-0.05, 0) is 66.1 Å². The summed E-state index contributed by atoms with van der Waals surface area (Å²) in [5, 5.41) is 0. The summed E-state index contributed by atoms with van der Waals surface area (Å²) < 4.78 is 72.3. The number of pyridine rings is 1. The van der Waals surface area contributed by atoms with E-state index in [0.29, 0.717) is 33.6 Å². The molecular formula is C31H24F5NO2. The lowest BCUT2D eigenvalue weighted by atomic mass is 9.84. The molecule has 0 saturated heterocycles. The maximum atomic E-state index is 14.0. The van der Waals surface area contributed by atoms with E-state index in [2.05, 4.69) is 0 Å². The molecule has 3 nitrogen and oxygen atoms in total. The summed E-state index contributed by atoms with van der Waals surface area (Å²) in [6.07, 6.45) is -1.57. The van der Waals surface area contributed by atoms with Crippen molar-refractivity contribution in [3.8, 4) is 22.4 Å². The molecule has 0 spiro atoms. The van der Waals surface area contributed by atoms with Crippen LogP contribution in [0.2, 0.25) is 0 Å². The van der Waals surface area contributed by atoms with Gasteiger partial charge in [0.05, 0.1) is 35.9 Å². The van der Waals surface area contributed by atoms with Gasteiger partial charge in [0.25, 0.3) is 0 Å². The summed E-state index contributed by atoms with van der Waals surface area (Å²) in [7, 11) is 1.44. The Bertz CT molecular complexity index is 1510. The highest BCUT2D eigenvalue weighted by molar-refractivity contribution is 6.15. The predicted molar refractivity (Wildman–Crippen MR) is 140 cm³/mol. The Balaban J connectivity index is 2.09. The molecule has 0 amide bonds. The zero-order chi connectivity index (χ0) is 28.3. The smallest absolute Gasteiger partial charge is 0.416 e. The lowest BCUT2D eigenvalue weighted by Gasteiger charge is -2.22. The van der Waals surface area contributed by atoms with Gasteiger partial charge in [0.1, 0.15) is 11.6 Å². The fourth-order valence-electron chi connectivity index (χ4n) is 4.26. The third-order valence-corrected chi connectivity index (χ3v) is 6.13. The number of hydrogen-bond donors (Lipinski definition) is 0. The normalized spacial score (nSPS) is 11.8. The first-order chi connectivity index (χ1) is 18.5. The molecule has 0 fully saturated rings. The average molecular weight is 538 g/mol. The molecule has 0 aliphatic heterocycles. The van der Waals surface area contributed by atoms with Gasteiger partial charge in [0.2, 0.25) is 0 Å². The van der Waals surface area contributed by atoms with E-state index < -0.39 is 29.2 Å². The summed E-state index contributed by atoms with van der Waals surface area (Å²) in [6, 6.07) is 15.2. The monoisotopic (exact) mass is 537 g/mol. The Morgan fingerprint density at radius 1 is 0.846 bits per heavy atom. The fourth-order valence-corrected chi connectivity index (χ4v) is 4.26. The molecule has 0 aliphatic rings. The molecule has 0 saturated carbocycles. The molecule has 8 heteroatoms. The second-order valence-corrected chi connectivity index (χ2v) is 9.12. The molecular weight excluding hydrogens is 513 g/mol. The minimum atomic E-state index is -4.56. The summed E-state index contributed by atoms with van der Waals surface area (Å²) in [6.45, 7) is 3.67. The number of alkyl halides is 3. The van der Waals surface area contributed by atoms with Crippen LogP contribution in [0.3, 0.4) is 0 Å². The van der Waals surface area contributed by atoms with Crippen LogP contribution in [0, 0.1) is 11.6 Å². The molecule has 200 valence electrons. The molecule has 39 heavy (non-hydrogen) atoms. The van der Waals surface area contributed by atoms with Crippen molar-refractivity contribution in [1.29, 1.82) is 0 Å². The van der Waals surface area contributed by atoms with Gasteiger partial charge in [0, 0.05) is 22.3 Å². The lowest BCUT2D eigenvalue weighted by Crippen LogP contribution is -2.14. The number of ketones is 1. The minimum Gasteiger partial charge on any atom is -0.504 e. The molecule has 0 bridgehead atoms. The number of halogens is 5. The first-order valence-electron chi connectivity index (χ1n) is 12.0. The van der Waals surface area contributed by atoms with E-state index in [0.717, 1.165) is 24.3 Å². The van der Waals surface area contributed by atoms with Crippen LogP contribution >= 0.6 is 0 Å². The van der Waals surface area contributed by atoms with Crippen LogP contribution in [0.4, 0.5) is 22.0 Å². The maximum Gasteiger partial charge on any atom is 0.416 e. The van der Waals surface area contributed by atoms with Crippen molar-refractivity contribution >= 4 is 11.9 Å². The van der Waals surface area contributed by atoms with E-state index in [4.69, 9.17) is 9.72 Å². The third-order valence-electron chi connectivity index (χ3n) is 6.13. The molecule has 1 heterocycles. The number of aromatic nitrogens is 1. The van der Waals surface area contributed by atoms with Crippen LogP contribution in [-0.4, -0.2) is 17.9 Å². The molecule has 0 N–H and O–H groups in total. The van der Waals surface area contributed by atoms with Gasteiger partial charge < -0.3 is 4.74 Å². The standard InChI is InChI=1S/C31H24F5NO2/c1-18(2)28-27(30(38)21-4-10-22(11-5-21)31(34,35)36)26(19-6-12-23(32)13-7-19)25(16-17-39-3)29(37-28)20-8-14-24(33)15-9-20/h4-18H,1-3H3. The third kappa shape index (κ3) is 5.90. The van der Waals surface area contributed by atoms with Crippen LogP contribution in [-0.2, 0) is 10.9 Å². The molecule has 4 rings (SSSR count). The molecule has 0 atom stereocenters. The zero-order valence-corrected chi connectivity index (χ0v) is 21.3. The van der Waals surface area contributed by atoms with Gasteiger partial charge in [-0.25, -0.2) is 8.78 Å². The SMILES string of the molecule is COC=Cc1c(-c2ccc(F)cc2)nc(C(C)C)c(C(=O)c2ccc(C(F)(F)F)cc2)c1-c1ccc(F)cc1. The topological polar surface area (TPSA) is 39.2 Å². The van der Waals surface area contributed by atoms with Gasteiger partial charge in [-0.2, -0.15) is 13.2 Å². The number of hydrogen-bond acceptors (Lipinski definition) is 3. The van der Waals surface area contributed by atoms with Crippen molar-refractivity contribution in [2.45, 2.75) is 25.9 Å². The van der Waals surface area contributed by atoms with Crippen LogP contribution in [0.1, 0.15) is 52.5 Å². The number of methoxy groups -OCH3 is 1. The second kappa shape index (κ2) is 11.2. The highest BCUT2D eigenvalue weighted by atomic mass is 19.4. The second-order valence-electron chi connectivity index (χ2n) is 9.12. The van der Waals surface area contributed by atoms with Gasteiger partial charge in [-0.3, -0.25) is 9.78 Å². The van der Waals surface area contributed by atoms with Gasteiger partial charge >= 0.3 is 6.18 Å². The quantitative estimate of drug-likeness (QED) is 0.135. The fraction of sp³-hybridized carbons (Fsp3) is 0.161. The van der Waals surface area contributed by atoms with Gasteiger partial charge in [-0.1, -0.05) is 38.1 Å². The number of nitrogens with zero attached hydrogens (tertiary/aromatic N) is 1. The Labute approximate surface area is 222 Å². The van der Waals surface area contributed by atoms with Crippen molar-refractivity contribution in [2.75, 3.05) is 7.11 Å². The first-order valence-corrected chi connectivity index (χ1v) is 12.0. The molecule has 3 aromatic carbocycles. The summed E-state index contributed by atoms with van der Waals surface area (Å²) in [4.78, 5) is 18.8. The first kappa shape index (κ1) is 27.7. The number of benzene rings is 3. The number of carbonyl (C=O) groups excluding carboxylic acids is 1. The Morgan fingerprint density at radius 3 is 1.87 bits per heavy atom. The highest BCUT2D eigenvalue weighted by Gasteiger charge is 2.31. The van der Waals surface area contributed by atoms with E-state index in [9.17, 15) is 26.7 Å². The van der Waals surface area contributed by atoms with E-state index >= 15 is 0 Å². The van der Waals surface area contributed by atoms with Crippen molar-refractivity contribution < 1.29 is 31.5 Å². The number of rotatable bonds is 7. The van der Waals surface area contributed by atoms with Crippen molar-refractivity contribution in [3.63, 3.8) is 0 Å². The Kier molecular flexibility index (Phi) is 7.95. The predicted octanol–water partition coefficient (Wildman–Crippen LogP) is 8.68. The van der Waals surface area contributed by atoms with E-state index in [-0.39, 0.29) is 17.0 Å². The van der Waals surface area contributed by atoms with Gasteiger partial charge in [0.15, 0.2) is 5.78 Å². The van der Waals surface area contributed by atoms with Crippen LogP contribution in [0.15, 0.2) is 79.1 Å².